The lowest BCUT2D eigenvalue weighted by atomic mass is 9.82. The van der Waals surface area contributed by atoms with Gasteiger partial charge >= 0.3 is 0 Å². The topological polar surface area (TPSA) is 30.2 Å². The molecular formula is C44H27N3. The summed E-state index contributed by atoms with van der Waals surface area (Å²) in [6.07, 6.45) is 4.07. The van der Waals surface area contributed by atoms with Crippen LogP contribution in [0.15, 0.2) is 164 Å². The summed E-state index contributed by atoms with van der Waals surface area (Å²) in [5.41, 5.74) is 14.9. The highest BCUT2D eigenvalue weighted by Crippen LogP contribution is 2.58. The number of imidazole rings is 1. The first-order chi connectivity index (χ1) is 23.3. The Morgan fingerprint density at radius 1 is 0.362 bits per heavy atom. The minimum Gasteiger partial charge on any atom is -0.306 e. The van der Waals surface area contributed by atoms with Gasteiger partial charge < -0.3 is 4.40 Å². The Bertz CT molecular complexity index is 2540. The maximum atomic E-state index is 5.19. The molecule has 0 spiro atoms. The van der Waals surface area contributed by atoms with E-state index in [2.05, 4.69) is 127 Å². The Hall–Kier alpha value is -6.32. The maximum Gasteiger partial charge on any atom is 0.137 e. The van der Waals surface area contributed by atoms with Gasteiger partial charge in [0.25, 0.3) is 0 Å². The third-order valence-electron chi connectivity index (χ3n) is 9.57. The molecule has 0 saturated carbocycles. The van der Waals surface area contributed by atoms with E-state index in [4.69, 9.17) is 9.97 Å². The van der Waals surface area contributed by atoms with Crippen LogP contribution >= 0.6 is 0 Å². The third kappa shape index (κ3) is 3.87. The van der Waals surface area contributed by atoms with E-state index >= 15 is 0 Å². The van der Waals surface area contributed by atoms with Crippen molar-refractivity contribution >= 4 is 27.2 Å². The molecule has 3 aromatic heterocycles. The minimum absolute atomic E-state index is 0.863. The fourth-order valence-corrected chi connectivity index (χ4v) is 7.62. The van der Waals surface area contributed by atoms with E-state index in [1.807, 2.05) is 41.1 Å². The van der Waals surface area contributed by atoms with Crippen LogP contribution in [0.3, 0.4) is 0 Å². The Kier molecular flexibility index (Phi) is 5.57. The van der Waals surface area contributed by atoms with Crippen LogP contribution < -0.4 is 0 Å². The molecule has 0 amide bonds. The molecule has 1 aliphatic rings. The quantitative estimate of drug-likeness (QED) is 0.202. The van der Waals surface area contributed by atoms with E-state index < -0.39 is 0 Å². The number of benzene rings is 6. The van der Waals surface area contributed by atoms with Crippen molar-refractivity contribution in [1.82, 2.24) is 14.4 Å². The second-order valence-electron chi connectivity index (χ2n) is 12.2. The predicted molar refractivity (Wildman–Crippen MR) is 194 cm³/mol. The van der Waals surface area contributed by atoms with Gasteiger partial charge in [0.1, 0.15) is 11.3 Å². The zero-order valence-corrected chi connectivity index (χ0v) is 25.4. The molecule has 47 heavy (non-hydrogen) atoms. The maximum absolute atomic E-state index is 5.19. The zero-order chi connectivity index (χ0) is 30.9. The summed E-state index contributed by atoms with van der Waals surface area (Å²) in [6.45, 7) is 0. The van der Waals surface area contributed by atoms with Crippen LogP contribution in [0.1, 0.15) is 0 Å². The molecule has 0 bridgehead atoms. The number of fused-ring (bicyclic) bond motifs is 5. The van der Waals surface area contributed by atoms with Gasteiger partial charge in [0, 0.05) is 18.0 Å². The van der Waals surface area contributed by atoms with Crippen LogP contribution in [-0.2, 0) is 0 Å². The number of pyridine rings is 2. The summed E-state index contributed by atoms with van der Waals surface area (Å²) in [4.78, 5) is 10.0. The van der Waals surface area contributed by atoms with Gasteiger partial charge in [-0.05, 0) is 90.3 Å². The Balaban J connectivity index is 1.27. The molecule has 0 saturated heterocycles. The first kappa shape index (κ1) is 26.0. The number of hydrogen-bond acceptors (Lipinski definition) is 2. The Morgan fingerprint density at radius 3 is 1.64 bits per heavy atom. The molecule has 9 aromatic rings. The summed E-state index contributed by atoms with van der Waals surface area (Å²) < 4.78 is 2.04. The van der Waals surface area contributed by atoms with E-state index in [-0.39, 0.29) is 0 Å². The monoisotopic (exact) mass is 597 g/mol. The first-order valence-electron chi connectivity index (χ1n) is 16.0. The molecule has 0 atom stereocenters. The lowest BCUT2D eigenvalue weighted by Gasteiger charge is -2.20. The molecule has 3 heteroatoms. The van der Waals surface area contributed by atoms with Crippen LogP contribution in [0.5, 0.6) is 0 Å². The van der Waals surface area contributed by atoms with E-state index in [1.165, 1.54) is 66.1 Å². The largest absolute Gasteiger partial charge is 0.306 e. The highest BCUT2D eigenvalue weighted by molar-refractivity contribution is 6.28. The predicted octanol–water partition coefficient (Wildman–Crippen LogP) is 11.4. The van der Waals surface area contributed by atoms with Crippen molar-refractivity contribution in [3.63, 3.8) is 0 Å². The average molecular weight is 598 g/mol. The molecule has 3 nitrogen and oxygen atoms in total. The van der Waals surface area contributed by atoms with Crippen molar-refractivity contribution < 1.29 is 0 Å². The smallest absolute Gasteiger partial charge is 0.137 e. The second kappa shape index (κ2) is 10.1. The highest BCUT2D eigenvalue weighted by atomic mass is 15.0. The van der Waals surface area contributed by atoms with Crippen LogP contribution in [0.4, 0.5) is 0 Å². The van der Waals surface area contributed by atoms with Crippen LogP contribution in [0.2, 0.25) is 0 Å². The van der Waals surface area contributed by atoms with Gasteiger partial charge in [0.15, 0.2) is 0 Å². The zero-order valence-electron chi connectivity index (χ0n) is 25.4. The second-order valence-corrected chi connectivity index (χ2v) is 12.2. The van der Waals surface area contributed by atoms with Crippen LogP contribution in [-0.4, -0.2) is 14.4 Å². The fourth-order valence-electron chi connectivity index (χ4n) is 7.62. The highest BCUT2D eigenvalue weighted by Gasteiger charge is 2.31. The average Bonchev–Trinajstić information content (AvgIpc) is 3.72. The molecule has 0 aliphatic heterocycles. The van der Waals surface area contributed by atoms with Crippen molar-refractivity contribution in [1.29, 1.82) is 0 Å². The number of nitrogens with zero attached hydrogens (tertiary/aromatic N) is 3. The molecule has 10 rings (SSSR count). The fraction of sp³-hybridized carbons (Fsp3) is 0. The molecular weight excluding hydrogens is 571 g/mol. The van der Waals surface area contributed by atoms with Gasteiger partial charge in [0.2, 0.25) is 0 Å². The van der Waals surface area contributed by atoms with E-state index in [1.54, 1.807) is 0 Å². The van der Waals surface area contributed by atoms with Crippen LogP contribution in [0, 0.1) is 0 Å². The summed E-state index contributed by atoms with van der Waals surface area (Å²) in [7, 11) is 0. The van der Waals surface area contributed by atoms with E-state index in [0.717, 1.165) is 28.3 Å². The molecule has 3 heterocycles. The Labute approximate surface area is 272 Å². The number of hydrogen-bond donors (Lipinski definition) is 0. The molecule has 0 unspecified atom stereocenters. The molecule has 0 radical (unpaired) electrons. The SMILES string of the molecule is c1ccc(-c2c3c(c(-c4ccccc4)c4ccccc24)-c2ccc(-c4cccc(-c5cn6ccccc6n5)n4)c4cccc-3c24)cc1. The summed E-state index contributed by atoms with van der Waals surface area (Å²) >= 11 is 0. The van der Waals surface area contributed by atoms with E-state index in [0.29, 0.717) is 0 Å². The van der Waals surface area contributed by atoms with Crippen molar-refractivity contribution in [3.05, 3.63) is 164 Å². The third-order valence-corrected chi connectivity index (χ3v) is 9.57. The Morgan fingerprint density at radius 2 is 0.936 bits per heavy atom. The van der Waals surface area contributed by atoms with Gasteiger partial charge in [-0.2, -0.15) is 0 Å². The summed E-state index contributed by atoms with van der Waals surface area (Å²) in [5.74, 6) is 0. The molecule has 0 N–H and O–H groups in total. The lowest BCUT2D eigenvalue weighted by molar-refractivity contribution is 1.19. The van der Waals surface area contributed by atoms with E-state index in [9.17, 15) is 0 Å². The van der Waals surface area contributed by atoms with Gasteiger partial charge in [-0.3, -0.25) is 0 Å². The van der Waals surface area contributed by atoms with Gasteiger partial charge in [0.05, 0.1) is 11.4 Å². The van der Waals surface area contributed by atoms with Crippen LogP contribution in [0.25, 0.3) is 94.3 Å². The first-order valence-corrected chi connectivity index (χ1v) is 16.0. The van der Waals surface area contributed by atoms with Crippen molar-refractivity contribution in [2.24, 2.45) is 0 Å². The molecule has 0 fully saturated rings. The molecule has 1 aliphatic carbocycles. The summed E-state index contributed by atoms with van der Waals surface area (Å²) in [6, 6.07) is 54.3. The number of rotatable bonds is 4. The van der Waals surface area contributed by atoms with Crippen molar-refractivity contribution in [2.45, 2.75) is 0 Å². The van der Waals surface area contributed by atoms with Gasteiger partial charge in [-0.1, -0.05) is 127 Å². The minimum atomic E-state index is 0.863. The number of aromatic nitrogens is 3. The standard InChI is InChI=1S/C44H27N3/c1-3-13-28(14-4-1)40-32-17-7-8-18-33(32)41(29-15-5-2-6-16-29)44-35-25-24-30(31-19-11-20-34(42(31)35)43(40)44)36-21-12-22-37(45-36)38-27-47-26-10-9-23-39(47)46-38/h1-27H. The summed E-state index contributed by atoms with van der Waals surface area (Å²) in [5, 5.41) is 5.02. The van der Waals surface area contributed by atoms with Gasteiger partial charge in [-0.25, -0.2) is 9.97 Å². The molecule has 6 aromatic carbocycles. The van der Waals surface area contributed by atoms with Crippen molar-refractivity contribution in [3.8, 4) is 67.2 Å². The lowest BCUT2D eigenvalue weighted by Crippen LogP contribution is -1.93. The normalized spacial score (nSPS) is 11.8. The van der Waals surface area contributed by atoms with Gasteiger partial charge in [-0.15, -0.1) is 0 Å². The molecule has 218 valence electrons. The van der Waals surface area contributed by atoms with Crippen molar-refractivity contribution in [2.75, 3.05) is 0 Å².